The highest BCUT2D eigenvalue weighted by Gasteiger charge is 2.49. The van der Waals surface area contributed by atoms with Crippen LogP contribution in [0.2, 0.25) is 0 Å². The number of carbonyl (C=O) groups excluding carboxylic acids is 2. The van der Waals surface area contributed by atoms with Gasteiger partial charge in [-0.3, -0.25) is 9.59 Å². The van der Waals surface area contributed by atoms with Crippen molar-refractivity contribution in [1.29, 1.82) is 0 Å². The van der Waals surface area contributed by atoms with Gasteiger partial charge in [0.25, 0.3) is 15.9 Å². The number of aryl methyl sites for hydroxylation is 1. The van der Waals surface area contributed by atoms with Crippen molar-refractivity contribution in [1.82, 2.24) is 4.31 Å². The summed E-state index contributed by atoms with van der Waals surface area (Å²) in [5.41, 5.74) is 1.52. The van der Waals surface area contributed by atoms with Crippen LogP contribution in [-0.4, -0.2) is 36.6 Å². The van der Waals surface area contributed by atoms with Gasteiger partial charge in [0, 0.05) is 6.04 Å². The number of anilines is 1. The van der Waals surface area contributed by atoms with Crippen LogP contribution < -0.4 is 4.90 Å². The van der Waals surface area contributed by atoms with E-state index in [0.717, 1.165) is 47.5 Å². The van der Waals surface area contributed by atoms with Crippen molar-refractivity contribution in [2.24, 2.45) is 0 Å². The summed E-state index contributed by atoms with van der Waals surface area (Å²) in [6, 6.07) is 9.16. The Morgan fingerprint density at radius 2 is 1.67 bits per heavy atom. The van der Waals surface area contributed by atoms with Gasteiger partial charge in [-0.25, -0.2) is 13.3 Å². The highest BCUT2D eigenvalue weighted by atomic mass is 32.2. The summed E-state index contributed by atoms with van der Waals surface area (Å²) in [7, 11) is -3.87. The fourth-order valence-corrected chi connectivity index (χ4v) is 7.35. The maximum atomic E-state index is 13.6. The van der Waals surface area contributed by atoms with Gasteiger partial charge in [-0.15, -0.1) is 11.3 Å². The number of benzene rings is 1. The van der Waals surface area contributed by atoms with Gasteiger partial charge in [0.2, 0.25) is 5.91 Å². The summed E-state index contributed by atoms with van der Waals surface area (Å²) < 4.78 is 28.8. The van der Waals surface area contributed by atoms with E-state index >= 15 is 0 Å². The molecule has 160 valence electrons. The quantitative estimate of drug-likeness (QED) is 0.512. The number of imide groups is 1. The minimum Gasteiger partial charge on any atom is -0.274 e. The minimum atomic E-state index is -3.87. The second-order valence-electron chi connectivity index (χ2n) is 8.04. The Balaban J connectivity index is 1.72. The fourth-order valence-electron chi connectivity index (χ4n) is 4.42. The van der Waals surface area contributed by atoms with Gasteiger partial charge in [-0.2, -0.15) is 4.31 Å². The molecule has 8 heteroatoms. The van der Waals surface area contributed by atoms with Gasteiger partial charge < -0.3 is 0 Å². The lowest BCUT2D eigenvalue weighted by Gasteiger charge is -2.33. The first-order chi connectivity index (χ1) is 14.4. The molecule has 0 bridgehead atoms. The van der Waals surface area contributed by atoms with Crippen LogP contribution in [0.5, 0.6) is 0 Å². The van der Waals surface area contributed by atoms with E-state index in [2.05, 4.69) is 0 Å². The molecule has 0 spiro atoms. The van der Waals surface area contributed by atoms with Crippen molar-refractivity contribution >= 4 is 38.9 Å². The Kier molecular flexibility index (Phi) is 6.09. The van der Waals surface area contributed by atoms with Gasteiger partial charge in [-0.1, -0.05) is 49.4 Å². The van der Waals surface area contributed by atoms with E-state index in [9.17, 15) is 18.0 Å². The third-order valence-electron chi connectivity index (χ3n) is 5.93. The van der Waals surface area contributed by atoms with Crippen molar-refractivity contribution in [3.63, 3.8) is 0 Å². The second kappa shape index (κ2) is 8.61. The standard InChI is InChI=1S/C22H26N2O4S2/c1-16-10-12-17(13-11-16)23-20(25)15-19(22(23)26)24(18-7-4-2-3-5-8-18)30(27,28)21-9-6-14-29-21/h6,9-14,18-19H,2-5,7-8,15H2,1H3. The summed E-state index contributed by atoms with van der Waals surface area (Å²) in [5, 5.41) is 1.72. The zero-order valence-electron chi connectivity index (χ0n) is 17.0. The van der Waals surface area contributed by atoms with E-state index < -0.39 is 22.0 Å². The van der Waals surface area contributed by atoms with Crippen molar-refractivity contribution < 1.29 is 18.0 Å². The molecule has 4 rings (SSSR count). The lowest BCUT2D eigenvalue weighted by molar-refractivity contribution is -0.122. The van der Waals surface area contributed by atoms with Crippen LogP contribution in [-0.2, 0) is 19.6 Å². The highest BCUT2D eigenvalue weighted by molar-refractivity contribution is 7.91. The van der Waals surface area contributed by atoms with Crippen LogP contribution >= 0.6 is 11.3 Å². The fraction of sp³-hybridized carbons (Fsp3) is 0.455. The summed E-state index contributed by atoms with van der Waals surface area (Å²) in [5.74, 6) is -0.804. The molecule has 6 nitrogen and oxygen atoms in total. The second-order valence-corrected chi connectivity index (χ2v) is 11.1. The molecule has 0 radical (unpaired) electrons. The van der Waals surface area contributed by atoms with Gasteiger partial charge in [0.1, 0.15) is 10.3 Å². The molecule has 30 heavy (non-hydrogen) atoms. The molecule has 0 N–H and O–H groups in total. The number of thiophene rings is 1. The number of amides is 2. The van der Waals surface area contributed by atoms with E-state index in [4.69, 9.17) is 0 Å². The zero-order valence-corrected chi connectivity index (χ0v) is 18.6. The molecule has 2 aromatic rings. The Morgan fingerprint density at radius 3 is 2.27 bits per heavy atom. The molecule has 1 saturated carbocycles. The SMILES string of the molecule is Cc1ccc(N2C(=O)CC(N(C3CCCCCC3)S(=O)(=O)c3cccs3)C2=O)cc1. The number of hydrogen-bond acceptors (Lipinski definition) is 5. The summed E-state index contributed by atoms with van der Waals surface area (Å²) in [4.78, 5) is 27.4. The molecule has 1 atom stereocenters. The largest absolute Gasteiger partial charge is 0.274 e. The average molecular weight is 447 g/mol. The molecule has 2 aliphatic rings. The zero-order chi connectivity index (χ0) is 21.3. The molecule has 2 heterocycles. The topological polar surface area (TPSA) is 74.8 Å². The summed E-state index contributed by atoms with van der Waals surface area (Å²) in [6.45, 7) is 1.93. The van der Waals surface area contributed by atoms with Crippen molar-refractivity contribution in [2.75, 3.05) is 4.90 Å². The lowest BCUT2D eigenvalue weighted by Crippen LogP contribution is -2.50. The maximum absolute atomic E-state index is 13.6. The average Bonchev–Trinajstić information content (AvgIpc) is 3.26. The lowest BCUT2D eigenvalue weighted by atomic mass is 10.1. The van der Waals surface area contributed by atoms with Crippen molar-refractivity contribution in [3.8, 4) is 0 Å². The predicted molar refractivity (Wildman–Crippen MR) is 117 cm³/mol. The summed E-state index contributed by atoms with van der Waals surface area (Å²) >= 11 is 1.15. The van der Waals surface area contributed by atoms with Crippen molar-refractivity contribution in [3.05, 3.63) is 47.3 Å². The van der Waals surface area contributed by atoms with Gasteiger partial charge >= 0.3 is 0 Å². The Bertz CT molecular complexity index is 1010. The van der Waals surface area contributed by atoms with Crippen LogP contribution in [0.25, 0.3) is 0 Å². The van der Waals surface area contributed by atoms with E-state index in [1.807, 2.05) is 19.1 Å². The Hall–Kier alpha value is -2.03. The van der Waals surface area contributed by atoms with E-state index in [0.29, 0.717) is 18.5 Å². The molecule has 1 unspecified atom stereocenters. The molecular formula is C22H26N2O4S2. The number of nitrogens with zero attached hydrogens (tertiary/aromatic N) is 2. The van der Waals surface area contributed by atoms with Crippen LogP contribution in [0.4, 0.5) is 5.69 Å². The number of carbonyl (C=O) groups is 2. The molecular weight excluding hydrogens is 420 g/mol. The number of rotatable bonds is 5. The van der Waals surface area contributed by atoms with E-state index in [1.165, 1.54) is 4.31 Å². The molecule has 2 fully saturated rings. The third-order valence-corrected chi connectivity index (χ3v) is 9.27. The molecule has 1 aromatic heterocycles. The normalized spacial score (nSPS) is 21.4. The molecule has 1 aliphatic carbocycles. The Labute approximate surface area is 181 Å². The molecule has 1 saturated heterocycles. The molecule has 1 aliphatic heterocycles. The van der Waals surface area contributed by atoms with Gasteiger partial charge in [-0.05, 0) is 43.3 Å². The first-order valence-corrected chi connectivity index (χ1v) is 12.7. The highest BCUT2D eigenvalue weighted by Crippen LogP contribution is 2.35. The van der Waals surface area contributed by atoms with Crippen LogP contribution in [0.1, 0.15) is 50.5 Å². The summed E-state index contributed by atoms with van der Waals surface area (Å²) in [6.07, 6.45) is 5.30. The Morgan fingerprint density at radius 1 is 1.00 bits per heavy atom. The maximum Gasteiger partial charge on any atom is 0.253 e. The van der Waals surface area contributed by atoms with Crippen molar-refractivity contribution in [2.45, 2.75) is 68.2 Å². The molecule has 2 amide bonds. The van der Waals surface area contributed by atoms with E-state index in [-0.39, 0.29) is 22.6 Å². The smallest absolute Gasteiger partial charge is 0.253 e. The number of sulfonamides is 1. The predicted octanol–water partition coefficient (Wildman–Crippen LogP) is 4.10. The minimum absolute atomic E-state index is 0.117. The van der Waals surface area contributed by atoms with E-state index in [1.54, 1.807) is 29.6 Å². The first-order valence-electron chi connectivity index (χ1n) is 10.4. The first kappa shape index (κ1) is 21.2. The molecule has 1 aromatic carbocycles. The van der Waals surface area contributed by atoms with Crippen LogP contribution in [0.3, 0.4) is 0 Å². The third kappa shape index (κ3) is 3.96. The van der Waals surface area contributed by atoms with Crippen LogP contribution in [0.15, 0.2) is 46.0 Å². The van der Waals surface area contributed by atoms with Crippen LogP contribution in [0, 0.1) is 6.92 Å². The number of hydrogen-bond donors (Lipinski definition) is 0. The van der Waals surface area contributed by atoms with Gasteiger partial charge in [0.05, 0.1) is 12.1 Å². The van der Waals surface area contributed by atoms with Gasteiger partial charge in [0.15, 0.2) is 0 Å². The monoisotopic (exact) mass is 446 g/mol.